The van der Waals surface area contributed by atoms with Crippen LogP contribution in [-0.2, 0) is 0 Å². The third kappa shape index (κ3) is 3.95. The summed E-state index contributed by atoms with van der Waals surface area (Å²) in [7, 11) is 0. The summed E-state index contributed by atoms with van der Waals surface area (Å²) < 4.78 is 0. The van der Waals surface area contributed by atoms with Gasteiger partial charge in [0.25, 0.3) is 0 Å². The first-order valence-electron chi connectivity index (χ1n) is 12.7. The van der Waals surface area contributed by atoms with Crippen molar-refractivity contribution in [2.75, 3.05) is 13.1 Å². The molecule has 4 bridgehead atoms. The van der Waals surface area contributed by atoms with Crippen LogP contribution in [-0.4, -0.2) is 29.9 Å². The highest BCUT2D eigenvalue weighted by molar-refractivity contribution is 5.56. The maximum Gasteiger partial charge on any atom is 0.0856 e. The van der Waals surface area contributed by atoms with E-state index in [0.29, 0.717) is 17.4 Å². The van der Waals surface area contributed by atoms with E-state index in [1.807, 2.05) is 0 Å². The normalized spacial score (nSPS) is 32.9. The SMILES string of the molecule is C(=N\C12CC3CC(CC(C3)C1)C2)/N1CCC(C(c2ccccc2)c2ccccc2)CC1. The summed E-state index contributed by atoms with van der Waals surface area (Å²) in [6, 6.07) is 22.3. The molecule has 0 radical (unpaired) electrons. The fourth-order valence-electron chi connectivity index (χ4n) is 7.85. The van der Waals surface area contributed by atoms with Gasteiger partial charge in [-0.3, -0.25) is 4.99 Å². The van der Waals surface area contributed by atoms with Crippen molar-refractivity contribution in [3.63, 3.8) is 0 Å². The van der Waals surface area contributed by atoms with E-state index in [-0.39, 0.29) is 0 Å². The Morgan fingerprint density at radius 1 is 0.742 bits per heavy atom. The first-order chi connectivity index (χ1) is 15.3. The van der Waals surface area contributed by atoms with E-state index in [4.69, 9.17) is 4.99 Å². The Hall–Kier alpha value is -2.09. The standard InChI is InChI=1S/C29H36N2/c1-3-7-25(8-4-1)28(26-9-5-2-6-10-26)27-11-13-31(14-12-27)21-30-29-18-22-15-23(19-29)17-24(16-22)20-29/h1-10,21-24,27-28H,11-20H2/b30-21+. The number of aliphatic imine (C=N–C) groups is 1. The molecule has 162 valence electrons. The van der Waals surface area contributed by atoms with Gasteiger partial charge in [-0.05, 0) is 86.2 Å². The predicted octanol–water partition coefficient (Wildman–Crippen LogP) is 6.53. The maximum absolute atomic E-state index is 5.33. The van der Waals surface area contributed by atoms with Gasteiger partial charge in [0.05, 0.1) is 11.9 Å². The van der Waals surface area contributed by atoms with Gasteiger partial charge in [-0.25, -0.2) is 0 Å². The Bertz CT molecular complexity index is 820. The summed E-state index contributed by atoms with van der Waals surface area (Å²) >= 11 is 0. The highest BCUT2D eigenvalue weighted by Crippen LogP contribution is 2.57. The molecule has 4 saturated carbocycles. The van der Waals surface area contributed by atoms with Gasteiger partial charge in [-0.15, -0.1) is 0 Å². The van der Waals surface area contributed by atoms with Crippen molar-refractivity contribution in [1.82, 2.24) is 4.90 Å². The van der Waals surface area contributed by atoms with Gasteiger partial charge >= 0.3 is 0 Å². The number of rotatable bonds is 5. The van der Waals surface area contributed by atoms with E-state index in [0.717, 1.165) is 30.8 Å². The number of nitrogens with zero attached hydrogens (tertiary/aromatic N) is 2. The van der Waals surface area contributed by atoms with Gasteiger partial charge in [-0.2, -0.15) is 0 Å². The Morgan fingerprint density at radius 3 is 1.71 bits per heavy atom. The van der Waals surface area contributed by atoms with Crippen LogP contribution in [0.4, 0.5) is 0 Å². The number of benzene rings is 2. The van der Waals surface area contributed by atoms with Crippen molar-refractivity contribution in [3.8, 4) is 0 Å². The van der Waals surface area contributed by atoms with Crippen LogP contribution in [0.1, 0.15) is 68.4 Å². The van der Waals surface area contributed by atoms with E-state index in [9.17, 15) is 0 Å². The van der Waals surface area contributed by atoms with Gasteiger partial charge in [0, 0.05) is 19.0 Å². The van der Waals surface area contributed by atoms with Crippen LogP contribution in [0.3, 0.4) is 0 Å². The Labute approximate surface area is 187 Å². The van der Waals surface area contributed by atoms with Crippen molar-refractivity contribution in [3.05, 3.63) is 71.8 Å². The molecule has 1 heterocycles. The van der Waals surface area contributed by atoms with Gasteiger partial charge in [0.2, 0.25) is 0 Å². The predicted molar refractivity (Wildman–Crippen MR) is 128 cm³/mol. The molecule has 2 aromatic carbocycles. The maximum atomic E-state index is 5.33. The highest BCUT2D eigenvalue weighted by atomic mass is 15.2. The number of hydrogen-bond acceptors (Lipinski definition) is 1. The van der Waals surface area contributed by atoms with Gasteiger partial charge < -0.3 is 4.90 Å². The van der Waals surface area contributed by atoms with E-state index < -0.39 is 0 Å². The minimum atomic E-state index is 0.308. The summed E-state index contributed by atoms with van der Waals surface area (Å²) in [5, 5.41) is 0. The minimum Gasteiger partial charge on any atom is -0.363 e. The van der Waals surface area contributed by atoms with Crippen molar-refractivity contribution in [2.45, 2.75) is 62.8 Å². The molecule has 4 aliphatic carbocycles. The fourth-order valence-corrected chi connectivity index (χ4v) is 7.85. The monoisotopic (exact) mass is 412 g/mol. The van der Waals surface area contributed by atoms with Crippen LogP contribution in [0.2, 0.25) is 0 Å². The number of piperidine rings is 1. The molecule has 0 N–H and O–H groups in total. The van der Waals surface area contributed by atoms with Gasteiger partial charge in [0.1, 0.15) is 0 Å². The highest BCUT2D eigenvalue weighted by Gasteiger charge is 2.50. The summed E-state index contributed by atoms with van der Waals surface area (Å²) in [6.07, 6.45) is 13.4. The number of hydrogen-bond donors (Lipinski definition) is 0. The van der Waals surface area contributed by atoms with Crippen LogP contribution in [0.5, 0.6) is 0 Å². The molecular formula is C29H36N2. The molecular weight excluding hydrogens is 376 g/mol. The lowest BCUT2D eigenvalue weighted by atomic mass is 9.53. The lowest BCUT2D eigenvalue weighted by Gasteiger charge is -2.55. The lowest BCUT2D eigenvalue weighted by molar-refractivity contribution is 0.00135. The topological polar surface area (TPSA) is 15.6 Å². The average molecular weight is 413 g/mol. The fraction of sp³-hybridized carbons (Fsp3) is 0.552. The second-order valence-corrected chi connectivity index (χ2v) is 11.1. The van der Waals surface area contributed by atoms with E-state index in [1.54, 1.807) is 0 Å². The quantitative estimate of drug-likeness (QED) is 0.403. The van der Waals surface area contributed by atoms with Crippen molar-refractivity contribution >= 4 is 6.34 Å². The third-order valence-corrected chi connectivity index (χ3v) is 8.86. The second-order valence-electron chi connectivity index (χ2n) is 11.1. The third-order valence-electron chi connectivity index (χ3n) is 8.86. The Kier molecular flexibility index (Phi) is 5.13. The summed E-state index contributed by atoms with van der Waals surface area (Å²) in [4.78, 5) is 7.86. The van der Waals surface area contributed by atoms with Crippen LogP contribution < -0.4 is 0 Å². The van der Waals surface area contributed by atoms with E-state index >= 15 is 0 Å². The molecule has 0 aromatic heterocycles. The number of likely N-dealkylation sites (tertiary alicyclic amines) is 1. The van der Waals surface area contributed by atoms with Crippen LogP contribution in [0.15, 0.2) is 65.7 Å². The van der Waals surface area contributed by atoms with Crippen molar-refractivity contribution in [1.29, 1.82) is 0 Å². The van der Waals surface area contributed by atoms with Crippen LogP contribution in [0, 0.1) is 23.7 Å². The molecule has 0 unspecified atom stereocenters. The van der Waals surface area contributed by atoms with E-state index in [2.05, 4.69) is 71.9 Å². The van der Waals surface area contributed by atoms with Crippen LogP contribution >= 0.6 is 0 Å². The van der Waals surface area contributed by atoms with Crippen molar-refractivity contribution in [2.24, 2.45) is 28.7 Å². The first-order valence-corrected chi connectivity index (χ1v) is 12.7. The molecule has 5 fully saturated rings. The summed E-state index contributed by atoms with van der Waals surface area (Å²) in [5.41, 5.74) is 3.24. The largest absolute Gasteiger partial charge is 0.363 e. The average Bonchev–Trinajstić information content (AvgIpc) is 2.79. The molecule has 31 heavy (non-hydrogen) atoms. The molecule has 0 amide bonds. The van der Waals surface area contributed by atoms with E-state index in [1.165, 1.54) is 62.5 Å². The Balaban J connectivity index is 1.14. The molecule has 0 spiro atoms. The molecule has 7 rings (SSSR count). The van der Waals surface area contributed by atoms with Crippen LogP contribution in [0.25, 0.3) is 0 Å². The first kappa shape index (κ1) is 19.6. The summed E-state index contributed by atoms with van der Waals surface area (Å²) in [5.74, 6) is 4.14. The second kappa shape index (κ2) is 8.11. The molecule has 2 heteroatoms. The van der Waals surface area contributed by atoms with Crippen molar-refractivity contribution < 1.29 is 0 Å². The molecule has 2 nitrogen and oxygen atoms in total. The zero-order chi connectivity index (χ0) is 20.7. The minimum absolute atomic E-state index is 0.308. The molecule has 5 aliphatic rings. The zero-order valence-electron chi connectivity index (χ0n) is 18.7. The molecule has 2 aromatic rings. The molecule has 1 saturated heterocycles. The molecule has 0 atom stereocenters. The molecule has 1 aliphatic heterocycles. The lowest BCUT2D eigenvalue weighted by Crippen LogP contribution is -2.50. The smallest absolute Gasteiger partial charge is 0.0856 e. The van der Waals surface area contributed by atoms with Gasteiger partial charge in [-0.1, -0.05) is 60.7 Å². The summed E-state index contributed by atoms with van der Waals surface area (Å²) in [6.45, 7) is 2.30. The Morgan fingerprint density at radius 2 is 1.23 bits per heavy atom. The van der Waals surface area contributed by atoms with Gasteiger partial charge in [0.15, 0.2) is 0 Å². The zero-order valence-corrected chi connectivity index (χ0v) is 18.7.